The molecule has 2 aromatic rings. The summed E-state index contributed by atoms with van der Waals surface area (Å²) in [6.07, 6.45) is 1.56. The van der Waals surface area contributed by atoms with E-state index in [4.69, 9.17) is 17.3 Å². The highest BCUT2D eigenvalue weighted by Crippen LogP contribution is 2.33. The van der Waals surface area contributed by atoms with Gasteiger partial charge in [-0.15, -0.1) is 0 Å². The highest BCUT2D eigenvalue weighted by Gasteiger charge is 2.15. The van der Waals surface area contributed by atoms with Gasteiger partial charge in [0.25, 0.3) is 0 Å². The van der Waals surface area contributed by atoms with Crippen molar-refractivity contribution in [2.45, 2.75) is 19.8 Å². The predicted molar refractivity (Wildman–Crippen MR) is 65.2 cm³/mol. The second-order valence-corrected chi connectivity index (χ2v) is 4.44. The van der Waals surface area contributed by atoms with Crippen molar-refractivity contribution < 1.29 is 4.39 Å². The molecule has 0 unspecified atom stereocenters. The summed E-state index contributed by atoms with van der Waals surface area (Å²) in [4.78, 5) is 4.10. The van der Waals surface area contributed by atoms with Gasteiger partial charge in [0.05, 0.1) is 22.4 Å². The Hall–Kier alpha value is -1.35. The van der Waals surface area contributed by atoms with Gasteiger partial charge in [0, 0.05) is 5.39 Å². The highest BCUT2D eigenvalue weighted by molar-refractivity contribution is 6.31. The van der Waals surface area contributed by atoms with Crippen LogP contribution < -0.4 is 5.73 Å². The van der Waals surface area contributed by atoms with Crippen LogP contribution in [0.3, 0.4) is 0 Å². The van der Waals surface area contributed by atoms with E-state index in [0.717, 1.165) is 5.56 Å². The first-order valence-electron chi connectivity index (χ1n) is 5.04. The number of fused-ring (bicyclic) bond motifs is 1. The molecule has 0 spiro atoms. The fraction of sp³-hybridized carbons (Fsp3) is 0.250. The van der Waals surface area contributed by atoms with E-state index in [1.165, 1.54) is 6.07 Å². The summed E-state index contributed by atoms with van der Waals surface area (Å²) in [7, 11) is 0. The molecule has 0 fully saturated rings. The quantitative estimate of drug-likeness (QED) is 0.822. The van der Waals surface area contributed by atoms with Gasteiger partial charge in [-0.1, -0.05) is 25.4 Å². The molecule has 0 aliphatic rings. The molecule has 1 aromatic heterocycles. The lowest BCUT2D eigenvalue weighted by molar-refractivity contribution is 0.638. The first kappa shape index (κ1) is 11.1. The summed E-state index contributed by atoms with van der Waals surface area (Å²) in [5.41, 5.74) is 7.69. The maximum atomic E-state index is 14.0. The number of nitrogens with two attached hydrogens (primary N) is 1. The summed E-state index contributed by atoms with van der Waals surface area (Å²) in [5.74, 6) is -0.318. The molecule has 0 radical (unpaired) electrons. The standard InChI is InChI=1S/C12H12ClFN2/c1-6(2)10-8(15)5-16-9-4-3-7(13)12(14)11(9)10/h3-6H,15H2,1-2H3. The van der Waals surface area contributed by atoms with Crippen LogP contribution in [-0.2, 0) is 0 Å². The maximum Gasteiger partial charge on any atom is 0.151 e. The molecule has 16 heavy (non-hydrogen) atoms. The van der Waals surface area contributed by atoms with Gasteiger partial charge in [-0.25, -0.2) is 4.39 Å². The Morgan fingerprint density at radius 3 is 2.69 bits per heavy atom. The monoisotopic (exact) mass is 238 g/mol. The molecule has 0 bridgehead atoms. The minimum Gasteiger partial charge on any atom is -0.397 e. The van der Waals surface area contributed by atoms with Crippen molar-refractivity contribution in [2.24, 2.45) is 0 Å². The Balaban J connectivity index is 2.95. The van der Waals surface area contributed by atoms with E-state index in [-0.39, 0.29) is 10.9 Å². The smallest absolute Gasteiger partial charge is 0.151 e. The lowest BCUT2D eigenvalue weighted by atomic mass is 9.97. The van der Waals surface area contributed by atoms with Crippen molar-refractivity contribution in [3.63, 3.8) is 0 Å². The molecule has 4 heteroatoms. The Kier molecular flexibility index (Phi) is 2.72. The largest absolute Gasteiger partial charge is 0.397 e. The van der Waals surface area contributed by atoms with Gasteiger partial charge in [0.15, 0.2) is 5.82 Å². The fourth-order valence-corrected chi connectivity index (χ4v) is 2.04. The predicted octanol–water partition coefficient (Wildman–Crippen LogP) is 3.73. The number of benzene rings is 1. The minimum atomic E-state index is -0.442. The van der Waals surface area contributed by atoms with Gasteiger partial charge < -0.3 is 5.73 Å². The zero-order valence-electron chi connectivity index (χ0n) is 9.09. The van der Waals surface area contributed by atoms with Crippen LogP contribution in [0.15, 0.2) is 18.3 Å². The summed E-state index contributed by atoms with van der Waals surface area (Å²) >= 11 is 5.77. The second kappa shape index (κ2) is 3.91. The number of hydrogen-bond acceptors (Lipinski definition) is 2. The normalized spacial score (nSPS) is 11.3. The van der Waals surface area contributed by atoms with E-state index in [1.54, 1.807) is 12.3 Å². The molecule has 2 rings (SSSR count). The topological polar surface area (TPSA) is 38.9 Å². The van der Waals surface area contributed by atoms with Crippen LogP contribution in [0.1, 0.15) is 25.3 Å². The zero-order valence-corrected chi connectivity index (χ0v) is 9.85. The van der Waals surface area contributed by atoms with E-state index >= 15 is 0 Å². The van der Waals surface area contributed by atoms with Crippen molar-refractivity contribution >= 4 is 28.2 Å². The molecule has 0 aliphatic heterocycles. The molecule has 0 saturated heterocycles. The SMILES string of the molecule is CC(C)c1c(N)cnc2ccc(Cl)c(F)c12. The molecule has 0 saturated carbocycles. The van der Waals surface area contributed by atoms with Crippen LogP contribution in [0.4, 0.5) is 10.1 Å². The lowest BCUT2D eigenvalue weighted by Crippen LogP contribution is -2.01. The van der Waals surface area contributed by atoms with Crippen molar-refractivity contribution in [1.82, 2.24) is 4.98 Å². The van der Waals surface area contributed by atoms with Gasteiger partial charge in [0.2, 0.25) is 0 Å². The number of aromatic nitrogens is 1. The molecule has 0 aliphatic carbocycles. The van der Waals surface area contributed by atoms with Gasteiger partial charge in [-0.05, 0) is 23.6 Å². The van der Waals surface area contributed by atoms with Crippen molar-refractivity contribution in [3.8, 4) is 0 Å². The molecule has 2 N–H and O–H groups in total. The Labute approximate surface area is 98.2 Å². The third-order valence-corrected chi connectivity index (χ3v) is 2.87. The third kappa shape index (κ3) is 1.61. The van der Waals surface area contributed by atoms with Gasteiger partial charge in [0.1, 0.15) is 0 Å². The van der Waals surface area contributed by atoms with Gasteiger partial charge in [-0.3, -0.25) is 4.98 Å². The zero-order chi connectivity index (χ0) is 11.9. The van der Waals surface area contributed by atoms with Crippen molar-refractivity contribution in [1.29, 1.82) is 0 Å². The summed E-state index contributed by atoms with van der Waals surface area (Å²) < 4.78 is 14.0. The van der Waals surface area contributed by atoms with Crippen LogP contribution in [0, 0.1) is 5.82 Å². The Morgan fingerprint density at radius 2 is 2.06 bits per heavy atom. The van der Waals surface area contributed by atoms with Crippen LogP contribution in [0.25, 0.3) is 10.9 Å². The first-order chi connectivity index (χ1) is 7.52. The van der Waals surface area contributed by atoms with E-state index in [2.05, 4.69) is 4.98 Å². The fourth-order valence-electron chi connectivity index (χ4n) is 1.88. The first-order valence-corrected chi connectivity index (χ1v) is 5.42. The number of hydrogen-bond donors (Lipinski definition) is 1. The van der Waals surface area contributed by atoms with Crippen molar-refractivity contribution in [2.75, 3.05) is 5.73 Å². The van der Waals surface area contributed by atoms with E-state index in [1.807, 2.05) is 13.8 Å². The van der Waals surface area contributed by atoms with Crippen LogP contribution >= 0.6 is 11.6 Å². The van der Waals surface area contributed by atoms with Gasteiger partial charge in [-0.2, -0.15) is 0 Å². The van der Waals surface area contributed by atoms with E-state index in [0.29, 0.717) is 16.6 Å². The number of rotatable bonds is 1. The summed E-state index contributed by atoms with van der Waals surface area (Å²) in [6.45, 7) is 3.93. The average Bonchev–Trinajstić information content (AvgIpc) is 2.23. The lowest BCUT2D eigenvalue weighted by Gasteiger charge is -2.13. The maximum absolute atomic E-state index is 14.0. The molecule has 1 heterocycles. The number of nitrogen functional groups attached to an aromatic ring is 1. The Morgan fingerprint density at radius 1 is 1.38 bits per heavy atom. The second-order valence-electron chi connectivity index (χ2n) is 4.04. The molecule has 1 aromatic carbocycles. The summed E-state index contributed by atoms with van der Waals surface area (Å²) in [5, 5.41) is 0.532. The van der Waals surface area contributed by atoms with Crippen molar-refractivity contribution in [3.05, 3.63) is 34.7 Å². The van der Waals surface area contributed by atoms with Gasteiger partial charge >= 0.3 is 0 Å². The summed E-state index contributed by atoms with van der Waals surface area (Å²) in [6, 6.07) is 3.21. The molecular weight excluding hydrogens is 227 g/mol. The number of pyridine rings is 1. The molecule has 0 atom stereocenters. The molecule has 2 nitrogen and oxygen atoms in total. The van der Waals surface area contributed by atoms with E-state index < -0.39 is 5.82 Å². The van der Waals surface area contributed by atoms with E-state index in [9.17, 15) is 4.39 Å². The third-order valence-electron chi connectivity index (χ3n) is 2.57. The van der Waals surface area contributed by atoms with Crippen LogP contribution in [-0.4, -0.2) is 4.98 Å². The number of halogens is 2. The highest BCUT2D eigenvalue weighted by atomic mass is 35.5. The molecule has 84 valence electrons. The number of anilines is 1. The van der Waals surface area contributed by atoms with Crippen LogP contribution in [0.2, 0.25) is 5.02 Å². The minimum absolute atomic E-state index is 0.0989. The molecular formula is C12H12ClFN2. The molecule has 0 amide bonds. The Bertz CT molecular complexity index is 547. The average molecular weight is 239 g/mol. The van der Waals surface area contributed by atoms with Crippen LogP contribution in [0.5, 0.6) is 0 Å². The number of nitrogens with zero attached hydrogens (tertiary/aromatic N) is 1.